The molecule has 0 aliphatic rings. The fraction of sp³-hybridized carbons (Fsp3) is 0. The van der Waals surface area contributed by atoms with E-state index in [1.165, 1.54) is 0 Å². The van der Waals surface area contributed by atoms with Crippen LogP contribution in [0.15, 0.2) is 0 Å². The van der Waals surface area contributed by atoms with Gasteiger partial charge in [0.25, 0.3) is 0 Å². The quantitative estimate of drug-likeness (QED) is 0.434. The van der Waals surface area contributed by atoms with Crippen LogP contribution in [0.3, 0.4) is 0 Å². The molecule has 0 unspecified atom stereocenters. The summed E-state index contributed by atoms with van der Waals surface area (Å²) in [6.07, 6.45) is 0. The Bertz CT molecular complexity index is 11.6. The second kappa shape index (κ2) is 31.8. The average molecular weight is 434 g/mol. The van der Waals surface area contributed by atoms with E-state index in [4.69, 9.17) is 3.67 Å². The van der Waals surface area contributed by atoms with Gasteiger partial charge in [-0.25, -0.2) is 0 Å². The molecule has 0 N–H and O–H groups in total. The monoisotopic (exact) mass is 436 g/mol. The zero-order valence-electron chi connectivity index (χ0n) is 2.30. The van der Waals surface area contributed by atoms with Gasteiger partial charge in [0, 0.05) is 37.8 Å². The van der Waals surface area contributed by atoms with Crippen LogP contribution in [0.25, 0.3) is 0 Å². The molecule has 0 atom stereocenters. The van der Waals surface area contributed by atoms with Crippen LogP contribution in [0.4, 0.5) is 0 Å². The minimum absolute atomic E-state index is 0. The van der Waals surface area contributed by atoms with E-state index in [1.807, 2.05) is 0 Å². The van der Waals surface area contributed by atoms with Crippen molar-refractivity contribution < 1.29 is 58.9 Å². The third kappa shape index (κ3) is 21.2. The van der Waals surface area contributed by atoms with Crippen LogP contribution >= 0.6 is 0 Å². The Balaban J connectivity index is -0.00000000167. The summed E-state index contributed by atoms with van der Waals surface area (Å²) in [5, 5.41) is 0. The van der Waals surface area contributed by atoms with Gasteiger partial charge in [0.1, 0.15) is 0 Å². The standard InChI is InChI=1S/Bi.Co.Mo.O.V.3H. The summed E-state index contributed by atoms with van der Waals surface area (Å²) < 4.78 is 8.19. The van der Waals surface area contributed by atoms with Gasteiger partial charge in [-0.05, 0) is 0 Å². The average Bonchev–Trinajstić information content (AvgIpc) is 1.00. The Morgan fingerprint density at radius 2 is 1.20 bits per heavy atom. The Hall–Kier alpha value is 2.46. The van der Waals surface area contributed by atoms with Crippen LogP contribution in [0, 0.1) is 0 Å². The topological polar surface area (TPSA) is 17.1 Å². The minimum atomic E-state index is 0. The molecule has 0 bridgehead atoms. The zero-order valence-corrected chi connectivity index (χ0v) is 12.2. The van der Waals surface area contributed by atoms with E-state index < -0.39 is 0 Å². The Kier molecular flexibility index (Phi) is 165. The van der Waals surface area contributed by atoms with Crippen molar-refractivity contribution in [3.63, 3.8) is 0 Å². The Morgan fingerprint density at radius 3 is 1.20 bits per heavy atom. The van der Waals surface area contributed by atoms with Crippen molar-refractivity contribution in [1.29, 1.82) is 0 Å². The van der Waals surface area contributed by atoms with E-state index in [2.05, 4.69) is 0 Å². The first-order valence-electron chi connectivity index (χ1n) is 0.183. The summed E-state index contributed by atoms with van der Waals surface area (Å²) in [6.45, 7) is 0. The SMILES string of the molecule is [BiH3].[Co].[Mo].[O]=[V]. The van der Waals surface area contributed by atoms with Gasteiger partial charge in [0.05, 0.1) is 0 Å². The Labute approximate surface area is 83.8 Å². The number of rotatable bonds is 0. The molecule has 0 spiro atoms. The van der Waals surface area contributed by atoms with Gasteiger partial charge in [0.2, 0.25) is 0 Å². The first-order valence-corrected chi connectivity index (χ1v) is 0.753. The van der Waals surface area contributed by atoms with Gasteiger partial charge in [-0.1, -0.05) is 0 Å². The number of hydrogen-bond acceptors (Lipinski definition) is 1. The molecular formula is H3BiCoMoOV. The van der Waals surface area contributed by atoms with Gasteiger partial charge < -0.3 is 0 Å². The Morgan fingerprint density at radius 1 is 1.20 bits per heavy atom. The van der Waals surface area contributed by atoms with E-state index in [0.29, 0.717) is 0 Å². The van der Waals surface area contributed by atoms with Gasteiger partial charge in [-0.15, -0.1) is 0 Å². The van der Waals surface area contributed by atoms with Gasteiger partial charge in [-0.2, -0.15) is 0 Å². The molecule has 0 heterocycles. The molecule has 0 aliphatic heterocycles. The van der Waals surface area contributed by atoms with E-state index in [-0.39, 0.29) is 64.0 Å². The molecule has 1 nitrogen and oxygen atoms in total. The van der Waals surface area contributed by atoms with Crippen molar-refractivity contribution in [3.05, 3.63) is 0 Å². The summed E-state index contributed by atoms with van der Waals surface area (Å²) in [7, 11) is 0. The molecule has 0 amide bonds. The summed E-state index contributed by atoms with van der Waals surface area (Å²) in [6, 6.07) is 0. The van der Waals surface area contributed by atoms with Crippen LogP contribution in [0.1, 0.15) is 0 Å². The second-order valence-corrected chi connectivity index (χ2v) is 0. The van der Waals surface area contributed by atoms with E-state index >= 15 is 0 Å². The maximum atomic E-state index is 8.19. The van der Waals surface area contributed by atoms with Crippen molar-refractivity contribution in [2.45, 2.75) is 0 Å². The molecule has 5 heavy (non-hydrogen) atoms. The van der Waals surface area contributed by atoms with Crippen molar-refractivity contribution in [3.8, 4) is 0 Å². The van der Waals surface area contributed by atoms with Crippen molar-refractivity contribution in [1.82, 2.24) is 0 Å². The van der Waals surface area contributed by atoms with Crippen LogP contribution in [0.5, 0.6) is 0 Å². The van der Waals surface area contributed by atoms with Gasteiger partial charge >= 0.3 is 47.2 Å². The molecule has 0 aromatic rings. The van der Waals surface area contributed by atoms with Gasteiger partial charge in [0.15, 0.2) is 0 Å². The predicted octanol–water partition coefficient (Wildman–Crippen LogP) is -1.31. The van der Waals surface area contributed by atoms with Crippen LogP contribution in [0.2, 0.25) is 0 Å². The van der Waals surface area contributed by atoms with E-state index in [1.54, 1.807) is 0 Å². The first-order chi connectivity index (χ1) is 1.00. The van der Waals surface area contributed by atoms with Crippen LogP contribution in [-0.2, 0) is 58.9 Å². The molecule has 0 rings (SSSR count). The number of hydrogen-bond donors (Lipinski definition) is 0. The van der Waals surface area contributed by atoms with Gasteiger partial charge in [-0.3, -0.25) is 0 Å². The molecule has 0 saturated carbocycles. The summed E-state index contributed by atoms with van der Waals surface area (Å²) >= 11 is 1.06. The zero-order chi connectivity index (χ0) is 2.00. The summed E-state index contributed by atoms with van der Waals surface area (Å²) in [5.41, 5.74) is 0. The molecule has 0 fully saturated rings. The van der Waals surface area contributed by atoms with E-state index in [0.717, 1.165) is 17.4 Å². The fourth-order valence-corrected chi connectivity index (χ4v) is 0. The predicted molar refractivity (Wildman–Crippen MR) is 10.6 cm³/mol. The molecule has 5 heteroatoms. The summed E-state index contributed by atoms with van der Waals surface area (Å²) in [5.74, 6) is 0. The molecule has 0 saturated heterocycles. The third-order valence-corrected chi connectivity index (χ3v) is 0. The normalized spacial score (nSPS) is 0.600. The first kappa shape index (κ1) is 26.0. The van der Waals surface area contributed by atoms with Crippen molar-refractivity contribution in [2.24, 2.45) is 0 Å². The molecule has 1 radical (unpaired) electrons. The molecule has 0 aromatic carbocycles. The van der Waals surface area contributed by atoms with Crippen molar-refractivity contribution in [2.75, 3.05) is 0 Å². The molecular weight excluding hydrogens is 431 g/mol. The van der Waals surface area contributed by atoms with Crippen LogP contribution in [-0.4, -0.2) is 26.2 Å². The van der Waals surface area contributed by atoms with E-state index in [9.17, 15) is 0 Å². The molecule has 34 valence electrons. The summed E-state index contributed by atoms with van der Waals surface area (Å²) in [4.78, 5) is 0. The maximum absolute atomic E-state index is 8.19. The second-order valence-electron chi connectivity index (χ2n) is 0. The molecule has 0 aromatic heterocycles. The van der Waals surface area contributed by atoms with Crippen molar-refractivity contribution >= 4 is 26.2 Å². The fourth-order valence-electron chi connectivity index (χ4n) is 0. The van der Waals surface area contributed by atoms with Crippen LogP contribution < -0.4 is 0 Å². The third-order valence-electron chi connectivity index (χ3n) is 0. The molecule has 0 aliphatic carbocycles.